The van der Waals surface area contributed by atoms with Crippen LogP contribution in [0.1, 0.15) is 47.5 Å². The fraction of sp³-hybridized carbons (Fsp3) is 0.240. The number of halogens is 3. The second kappa shape index (κ2) is 9.52. The Morgan fingerprint density at radius 2 is 1.16 bits per heavy atom. The highest BCUT2D eigenvalue weighted by Gasteiger charge is 2.13. The summed E-state index contributed by atoms with van der Waals surface area (Å²) in [7, 11) is 0. The second-order valence-electron chi connectivity index (χ2n) is 7.75. The first-order valence-electron chi connectivity index (χ1n) is 9.88. The molecule has 0 spiro atoms. The highest BCUT2D eigenvalue weighted by molar-refractivity contribution is 6.35. The molecule has 3 nitrogen and oxygen atoms in total. The minimum atomic E-state index is 0.517. The molecular weight excluding hydrogens is 449 g/mol. The van der Waals surface area contributed by atoms with Crippen LogP contribution in [0.3, 0.4) is 0 Å². The van der Waals surface area contributed by atoms with Gasteiger partial charge in [0.15, 0.2) is 0 Å². The van der Waals surface area contributed by atoms with E-state index in [2.05, 4.69) is 6.07 Å². The summed E-state index contributed by atoms with van der Waals surface area (Å²) in [6, 6.07) is 11.6. The van der Waals surface area contributed by atoms with Gasteiger partial charge in [0.2, 0.25) is 0 Å². The molecule has 2 aromatic carbocycles. The van der Waals surface area contributed by atoms with Gasteiger partial charge in [0.1, 0.15) is 5.69 Å². The van der Waals surface area contributed by atoms with E-state index < -0.39 is 0 Å². The van der Waals surface area contributed by atoms with Gasteiger partial charge in [-0.1, -0.05) is 46.9 Å². The summed E-state index contributed by atoms with van der Waals surface area (Å²) in [5.74, 6) is 0. The predicted octanol–water partition coefficient (Wildman–Crippen LogP) is 8.56. The maximum absolute atomic E-state index is 6.46. The summed E-state index contributed by atoms with van der Waals surface area (Å²) in [6.07, 6.45) is 0. The van der Waals surface area contributed by atoms with Crippen molar-refractivity contribution in [3.8, 4) is 0 Å². The third kappa shape index (κ3) is 5.35. The third-order valence-corrected chi connectivity index (χ3v) is 5.80. The van der Waals surface area contributed by atoms with Crippen LogP contribution in [0.25, 0.3) is 0 Å². The maximum atomic E-state index is 6.46. The Hall–Kier alpha value is -2.20. The Balaban J connectivity index is 2.05. The lowest BCUT2D eigenvalue weighted by Crippen LogP contribution is -2.06. The van der Waals surface area contributed by atoms with E-state index in [1.165, 1.54) is 0 Å². The van der Waals surface area contributed by atoms with Crippen LogP contribution in [0.4, 0.5) is 11.4 Å². The van der Waals surface area contributed by atoms with Gasteiger partial charge in [0.05, 0.1) is 43.6 Å². The van der Waals surface area contributed by atoms with Crippen molar-refractivity contribution < 1.29 is 0 Å². The standard InChI is InChI=1S/C25H24Cl3N3/c1-13-9-15(3)23(20(27)11-13)29-17(5)22-8-7-19(26)25(31-22)18(6)30-24-16(4)10-14(2)12-21(24)28/h7-12H,1-6H3. The van der Waals surface area contributed by atoms with Crippen molar-refractivity contribution in [1.82, 2.24) is 4.98 Å². The van der Waals surface area contributed by atoms with Crippen LogP contribution in [0.15, 0.2) is 46.4 Å². The summed E-state index contributed by atoms with van der Waals surface area (Å²) in [5.41, 5.74) is 8.39. The Kier molecular flexibility index (Phi) is 7.20. The lowest BCUT2D eigenvalue weighted by atomic mass is 10.1. The SMILES string of the molecule is CC(=Nc1c(C)cc(C)cc1Cl)c1ccc(Cl)c(C(C)=Nc2c(C)cc(C)cc2Cl)n1. The van der Waals surface area contributed by atoms with Crippen molar-refractivity contribution in [2.24, 2.45) is 9.98 Å². The molecule has 0 fully saturated rings. The maximum Gasteiger partial charge on any atom is 0.104 e. The van der Waals surface area contributed by atoms with Gasteiger partial charge in [-0.25, -0.2) is 15.0 Å². The zero-order chi connectivity index (χ0) is 22.9. The first-order chi connectivity index (χ1) is 14.6. The smallest absolute Gasteiger partial charge is 0.104 e. The minimum Gasteiger partial charge on any atom is -0.250 e. The normalized spacial score (nSPS) is 12.4. The molecule has 0 bridgehead atoms. The summed E-state index contributed by atoms with van der Waals surface area (Å²) in [6.45, 7) is 11.8. The molecular formula is C25H24Cl3N3. The predicted molar refractivity (Wildman–Crippen MR) is 135 cm³/mol. The number of aryl methyl sites for hydroxylation is 4. The molecule has 1 aromatic heterocycles. The van der Waals surface area contributed by atoms with E-state index in [4.69, 9.17) is 49.8 Å². The van der Waals surface area contributed by atoms with Crippen LogP contribution in [-0.4, -0.2) is 16.4 Å². The largest absolute Gasteiger partial charge is 0.250 e. The molecule has 3 aromatic rings. The molecule has 1 heterocycles. The van der Waals surface area contributed by atoms with Gasteiger partial charge in [0.25, 0.3) is 0 Å². The molecule has 31 heavy (non-hydrogen) atoms. The average molecular weight is 473 g/mol. The van der Waals surface area contributed by atoms with Crippen LogP contribution in [0.2, 0.25) is 15.1 Å². The number of rotatable bonds is 4. The van der Waals surface area contributed by atoms with E-state index in [0.717, 1.165) is 39.3 Å². The fourth-order valence-corrected chi connectivity index (χ4v) is 4.41. The van der Waals surface area contributed by atoms with Crippen LogP contribution < -0.4 is 0 Å². The lowest BCUT2D eigenvalue weighted by molar-refractivity contribution is 1.23. The van der Waals surface area contributed by atoms with Gasteiger partial charge in [-0.15, -0.1) is 0 Å². The van der Waals surface area contributed by atoms with Crippen LogP contribution in [0.5, 0.6) is 0 Å². The summed E-state index contributed by atoms with van der Waals surface area (Å²) >= 11 is 19.3. The number of benzene rings is 2. The number of aliphatic imine (C=N–C) groups is 2. The van der Waals surface area contributed by atoms with Crippen molar-refractivity contribution in [2.75, 3.05) is 0 Å². The van der Waals surface area contributed by atoms with Crippen LogP contribution in [0, 0.1) is 27.7 Å². The number of nitrogens with zero attached hydrogens (tertiary/aromatic N) is 3. The van der Waals surface area contributed by atoms with E-state index in [0.29, 0.717) is 32.2 Å². The zero-order valence-electron chi connectivity index (χ0n) is 18.4. The monoisotopic (exact) mass is 471 g/mol. The molecule has 0 aliphatic rings. The molecule has 0 radical (unpaired) electrons. The third-order valence-electron chi connectivity index (χ3n) is 4.92. The molecule has 6 heteroatoms. The second-order valence-corrected chi connectivity index (χ2v) is 8.97. The highest BCUT2D eigenvalue weighted by Crippen LogP contribution is 2.32. The van der Waals surface area contributed by atoms with Crippen molar-refractivity contribution in [2.45, 2.75) is 41.5 Å². The molecule has 0 aliphatic carbocycles. The van der Waals surface area contributed by atoms with Crippen molar-refractivity contribution >= 4 is 57.6 Å². The molecule has 0 atom stereocenters. The quantitative estimate of drug-likeness (QED) is 0.350. The zero-order valence-corrected chi connectivity index (χ0v) is 20.7. The van der Waals surface area contributed by atoms with Gasteiger partial charge >= 0.3 is 0 Å². The van der Waals surface area contributed by atoms with Crippen molar-refractivity contribution in [3.05, 3.63) is 85.1 Å². The molecule has 0 aliphatic heterocycles. The Labute approximate surface area is 198 Å². The number of pyridine rings is 1. The molecule has 0 unspecified atom stereocenters. The van der Waals surface area contributed by atoms with E-state index in [1.54, 1.807) is 0 Å². The Morgan fingerprint density at radius 3 is 1.65 bits per heavy atom. The van der Waals surface area contributed by atoms with E-state index >= 15 is 0 Å². The Bertz CT molecular complexity index is 1180. The van der Waals surface area contributed by atoms with E-state index in [-0.39, 0.29) is 0 Å². The molecule has 0 saturated heterocycles. The number of aromatic nitrogens is 1. The molecule has 0 saturated carbocycles. The first kappa shape index (κ1) is 23.5. The topological polar surface area (TPSA) is 37.6 Å². The van der Waals surface area contributed by atoms with Crippen LogP contribution in [-0.2, 0) is 0 Å². The molecule has 3 rings (SSSR count). The minimum absolute atomic E-state index is 0.517. The van der Waals surface area contributed by atoms with Crippen molar-refractivity contribution in [1.29, 1.82) is 0 Å². The Morgan fingerprint density at radius 1 is 0.677 bits per heavy atom. The lowest BCUT2D eigenvalue weighted by Gasteiger charge is -2.10. The van der Waals surface area contributed by atoms with Gasteiger partial charge in [0, 0.05) is 0 Å². The van der Waals surface area contributed by atoms with Gasteiger partial charge < -0.3 is 0 Å². The molecule has 0 amide bonds. The summed E-state index contributed by atoms with van der Waals surface area (Å²) in [5, 5.41) is 1.74. The fourth-order valence-electron chi connectivity index (χ4n) is 3.44. The van der Waals surface area contributed by atoms with Crippen LogP contribution >= 0.6 is 34.8 Å². The number of hydrogen-bond acceptors (Lipinski definition) is 3. The molecule has 0 N–H and O–H groups in total. The van der Waals surface area contributed by atoms with Gasteiger partial charge in [-0.05, 0) is 88.1 Å². The molecule has 160 valence electrons. The van der Waals surface area contributed by atoms with Gasteiger partial charge in [-0.3, -0.25) is 0 Å². The summed E-state index contributed by atoms with van der Waals surface area (Å²) < 4.78 is 0. The van der Waals surface area contributed by atoms with E-state index in [9.17, 15) is 0 Å². The number of hydrogen-bond donors (Lipinski definition) is 0. The average Bonchev–Trinajstić information content (AvgIpc) is 2.67. The highest BCUT2D eigenvalue weighted by atomic mass is 35.5. The van der Waals surface area contributed by atoms with Gasteiger partial charge in [-0.2, -0.15) is 0 Å². The summed E-state index contributed by atoms with van der Waals surface area (Å²) in [4.78, 5) is 14.2. The van der Waals surface area contributed by atoms with E-state index in [1.807, 2.05) is 71.9 Å². The van der Waals surface area contributed by atoms with Crippen molar-refractivity contribution in [3.63, 3.8) is 0 Å². The first-order valence-corrected chi connectivity index (χ1v) is 11.0.